The average Bonchev–Trinajstić information content (AvgIpc) is 3.27. The Bertz CT molecular complexity index is 1350. The van der Waals surface area contributed by atoms with Crippen LogP contribution in [0.3, 0.4) is 0 Å². The zero-order valence-corrected chi connectivity index (χ0v) is 20.3. The van der Waals surface area contributed by atoms with E-state index in [1.807, 2.05) is 91.0 Å². The fourth-order valence-electron chi connectivity index (χ4n) is 3.66. The van der Waals surface area contributed by atoms with E-state index >= 15 is 0 Å². The van der Waals surface area contributed by atoms with Crippen molar-refractivity contribution < 1.29 is 24.7 Å². The van der Waals surface area contributed by atoms with Crippen LogP contribution in [0, 0.1) is 0 Å². The topological polar surface area (TPSA) is 113 Å². The number of alkyl halides is 1. The van der Waals surface area contributed by atoms with Gasteiger partial charge in [-0.1, -0.05) is 96.2 Å². The van der Waals surface area contributed by atoms with Gasteiger partial charge in [-0.2, -0.15) is 9.72 Å². The van der Waals surface area contributed by atoms with E-state index in [9.17, 15) is 19.9 Å². The standard InChI is InChI=1S/C26H20ClN3O5S/c27-16-22(31)28-25-30(34)21(17-36-25)23(24(32)33)29-35-26(18-10-4-1-5-11-18,19-12-6-2-7-13-19)20-14-8-3-9-15-20/h1-15,17,34H,16H2,(H,32,33)/b28-25?,29-23-. The van der Waals surface area contributed by atoms with Gasteiger partial charge in [0.25, 0.3) is 5.91 Å². The first-order valence-corrected chi connectivity index (χ1v) is 12.1. The highest BCUT2D eigenvalue weighted by Gasteiger charge is 2.40. The molecule has 0 spiro atoms. The van der Waals surface area contributed by atoms with Gasteiger partial charge in [0.05, 0.1) is 0 Å². The molecule has 36 heavy (non-hydrogen) atoms. The molecular weight excluding hydrogens is 502 g/mol. The van der Waals surface area contributed by atoms with Gasteiger partial charge in [-0.15, -0.1) is 22.9 Å². The first-order valence-electron chi connectivity index (χ1n) is 10.7. The van der Waals surface area contributed by atoms with Crippen molar-refractivity contribution in [3.63, 3.8) is 0 Å². The summed E-state index contributed by atoms with van der Waals surface area (Å²) < 4.78 is 0.473. The third kappa shape index (κ3) is 4.93. The summed E-state index contributed by atoms with van der Waals surface area (Å²) in [6.45, 7) is 0. The smallest absolute Gasteiger partial charge is 0.360 e. The van der Waals surface area contributed by atoms with E-state index in [0.717, 1.165) is 11.3 Å². The predicted molar refractivity (Wildman–Crippen MR) is 135 cm³/mol. The second-order valence-corrected chi connectivity index (χ2v) is 8.57. The predicted octanol–water partition coefficient (Wildman–Crippen LogP) is 4.25. The number of hydrogen-bond acceptors (Lipinski definition) is 6. The fourth-order valence-corrected chi connectivity index (χ4v) is 4.50. The van der Waals surface area contributed by atoms with Crippen molar-refractivity contribution in [3.05, 3.63) is 124 Å². The molecule has 1 amide bonds. The molecule has 0 aliphatic heterocycles. The van der Waals surface area contributed by atoms with Crippen LogP contribution < -0.4 is 4.80 Å². The molecule has 0 radical (unpaired) electrons. The molecule has 0 aliphatic carbocycles. The van der Waals surface area contributed by atoms with Crippen molar-refractivity contribution in [2.45, 2.75) is 5.60 Å². The van der Waals surface area contributed by atoms with Gasteiger partial charge in [-0.05, 0) is 0 Å². The molecule has 182 valence electrons. The Hall–Kier alpha value is -4.21. The Kier molecular flexibility index (Phi) is 7.62. The fraction of sp³-hybridized carbons (Fsp3) is 0.0769. The Morgan fingerprint density at radius 3 is 1.78 bits per heavy atom. The summed E-state index contributed by atoms with van der Waals surface area (Å²) >= 11 is 6.34. The molecule has 1 aromatic heterocycles. The van der Waals surface area contributed by atoms with E-state index in [-0.39, 0.29) is 16.4 Å². The third-order valence-corrected chi connectivity index (χ3v) is 6.32. The molecule has 3 aromatic carbocycles. The van der Waals surface area contributed by atoms with Crippen LogP contribution in [0.4, 0.5) is 0 Å². The summed E-state index contributed by atoms with van der Waals surface area (Å²) in [5.41, 5.74) is 0.0182. The molecular formula is C26H20ClN3O5S. The normalized spacial score (nSPS) is 12.4. The van der Waals surface area contributed by atoms with Crippen LogP contribution in [-0.2, 0) is 20.0 Å². The summed E-state index contributed by atoms with van der Waals surface area (Å²) in [4.78, 5) is 33.5. The number of carbonyl (C=O) groups is 2. The number of hydrogen-bond donors (Lipinski definition) is 2. The van der Waals surface area contributed by atoms with Gasteiger partial charge in [0.1, 0.15) is 11.6 Å². The summed E-state index contributed by atoms with van der Waals surface area (Å²) in [6.07, 6.45) is 0. The van der Waals surface area contributed by atoms with E-state index in [4.69, 9.17) is 16.4 Å². The summed E-state index contributed by atoms with van der Waals surface area (Å²) in [5, 5.41) is 25.8. The Morgan fingerprint density at radius 2 is 1.36 bits per heavy atom. The molecule has 8 nitrogen and oxygen atoms in total. The van der Waals surface area contributed by atoms with Crippen LogP contribution in [0.25, 0.3) is 0 Å². The average molecular weight is 522 g/mol. The number of halogens is 1. The number of carbonyl (C=O) groups excluding carboxylic acids is 1. The number of aliphatic carboxylic acids is 1. The van der Waals surface area contributed by atoms with Gasteiger partial charge in [-0.3, -0.25) is 4.79 Å². The SMILES string of the molecule is O=C(CCl)N=c1scc(/C(=N/OC(c2ccccc2)(c2ccccc2)c2ccccc2)C(=O)O)n1O. The van der Waals surface area contributed by atoms with E-state index in [1.54, 1.807) is 0 Å². The number of rotatable bonds is 8. The van der Waals surface area contributed by atoms with Crippen molar-refractivity contribution in [1.82, 2.24) is 4.73 Å². The highest BCUT2D eigenvalue weighted by atomic mass is 35.5. The van der Waals surface area contributed by atoms with Gasteiger partial charge < -0.3 is 15.2 Å². The zero-order chi connectivity index (χ0) is 25.5. The minimum atomic E-state index is -1.45. The molecule has 0 unspecified atom stereocenters. The lowest BCUT2D eigenvalue weighted by atomic mass is 9.80. The van der Waals surface area contributed by atoms with Crippen molar-refractivity contribution in [2.75, 3.05) is 5.88 Å². The highest BCUT2D eigenvalue weighted by molar-refractivity contribution is 7.07. The quantitative estimate of drug-likeness (QED) is 0.118. The number of aromatic nitrogens is 1. The number of oxime groups is 1. The maximum Gasteiger partial charge on any atom is 0.360 e. The van der Waals surface area contributed by atoms with E-state index in [1.165, 1.54) is 5.38 Å². The number of carboxylic acid groups (broad SMARTS) is 1. The second-order valence-electron chi connectivity index (χ2n) is 7.47. The largest absolute Gasteiger partial charge is 0.476 e. The first kappa shape index (κ1) is 24.9. The number of nitrogens with zero attached hydrogens (tertiary/aromatic N) is 3. The lowest BCUT2D eigenvalue weighted by Gasteiger charge is -2.33. The molecule has 0 atom stereocenters. The first-order chi connectivity index (χ1) is 17.5. The van der Waals surface area contributed by atoms with Gasteiger partial charge >= 0.3 is 5.97 Å². The van der Waals surface area contributed by atoms with Crippen molar-refractivity contribution >= 4 is 40.5 Å². The Balaban J connectivity index is 1.93. The van der Waals surface area contributed by atoms with Gasteiger partial charge in [0, 0.05) is 22.1 Å². The minimum Gasteiger partial charge on any atom is -0.476 e. The lowest BCUT2D eigenvalue weighted by Crippen LogP contribution is -2.32. The van der Waals surface area contributed by atoms with Crippen molar-refractivity contribution in [3.8, 4) is 0 Å². The maximum absolute atomic E-state index is 12.2. The maximum atomic E-state index is 12.2. The van der Waals surface area contributed by atoms with Crippen LogP contribution >= 0.6 is 22.9 Å². The van der Waals surface area contributed by atoms with Crippen LogP contribution in [0.1, 0.15) is 22.4 Å². The van der Waals surface area contributed by atoms with Crippen LogP contribution in [0.15, 0.2) is 107 Å². The third-order valence-electron chi connectivity index (χ3n) is 5.28. The molecule has 0 saturated carbocycles. The van der Waals surface area contributed by atoms with E-state index < -0.39 is 23.2 Å². The zero-order valence-electron chi connectivity index (χ0n) is 18.7. The molecule has 0 bridgehead atoms. The van der Waals surface area contributed by atoms with Crippen LogP contribution in [0.5, 0.6) is 0 Å². The lowest BCUT2D eigenvalue weighted by molar-refractivity contribution is -0.129. The molecule has 1 heterocycles. The number of thiazole rings is 1. The van der Waals surface area contributed by atoms with Crippen molar-refractivity contribution in [2.24, 2.45) is 10.1 Å². The minimum absolute atomic E-state index is 0.148. The van der Waals surface area contributed by atoms with E-state index in [2.05, 4.69) is 10.1 Å². The second kappa shape index (κ2) is 11.0. The Morgan fingerprint density at radius 1 is 0.889 bits per heavy atom. The molecule has 10 heteroatoms. The molecule has 2 N–H and O–H groups in total. The van der Waals surface area contributed by atoms with E-state index in [0.29, 0.717) is 21.4 Å². The van der Waals surface area contributed by atoms with Gasteiger partial charge in [-0.25, -0.2) is 4.79 Å². The number of amides is 1. The Labute approximate surface area is 215 Å². The number of carboxylic acids is 1. The molecule has 0 saturated heterocycles. The van der Waals surface area contributed by atoms with Crippen LogP contribution in [-0.4, -0.2) is 38.5 Å². The van der Waals surface area contributed by atoms with Gasteiger partial charge in [0.15, 0.2) is 0 Å². The van der Waals surface area contributed by atoms with Crippen molar-refractivity contribution in [1.29, 1.82) is 0 Å². The molecule has 0 fully saturated rings. The monoisotopic (exact) mass is 521 g/mol. The summed E-state index contributed by atoms with van der Waals surface area (Å²) in [5.74, 6) is -2.52. The highest BCUT2D eigenvalue weighted by Crippen LogP contribution is 2.40. The summed E-state index contributed by atoms with van der Waals surface area (Å²) in [7, 11) is 0. The number of benzene rings is 3. The van der Waals surface area contributed by atoms with Gasteiger partial charge in [0.2, 0.25) is 16.1 Å². The molecule has 4 aromatic rings. The molecule has 4 rings (SSSR count). The summed E-state index contributed by atoms with van der Waals surface area (Å²) in [6, 6.07) is 27.9. The molecule has 0 aliphatic rings. The van der Waals surface area contributed by atoms with Crippen LogP contribution in [0.2, 0.25) is 0 Å².